The van der Waals surface area contributed by atoms with Gasteiger partial charge in [0, 0.05) is 45.6 Å². The second-order valence-electron chi connectivity index (χ2n) is 9.42. The Hall–Kier alpha value is -3.44. The van der Waals surface area contributed by atoms with Gasteiger partial charge in [-0.3, -0.25) is 14.5 Å². The van der Waals surface area contributed by atoms with Gasteiger partial charge in [-0.2, -0.15) is 0 Å². The van der Waals surface area contributed by atoms with Crippen LogP contribution in [0.1, 0.15) is 42.5 Å². The predicted octanol–water partition coefficient (Wildman–Crippen LogP) is 4.65. The Morgan fingerprint density at radius 2 is 1.26 bits per heavy atom. The van der Waals surface area contributed by atoms with Gasteiger partial charge in [0.15, 0.2) is 0 Å². The highest BCUT2D eigenvalue weighted by atomic mass is 16.2. The number of carbonyl (C=O) groups is 2. The van der Waals surface area contributed by atoms with Crippen LogP contribution in [0.15, 0.2) is 91.0 Å². The monoisotopic (exact) mass is 469 g/mol. The standard InChI is InChI=1S/C30H35N3O2/c1-24(21-28(34)31-23-25-11-5-2-6-12-25)22-29(35)32-17-19-33(20-18-32)30(26-13-7-3-8-14-26)27-15-9-4-10-16-27/h2-16,24,30H,17-23H2,1H3,(H,31,34). The van der Waals surface area contributed by atoms with E-state index in [1.54, 1.807) is 0 Å². The van der Waals surface area contributed by atoms with Gasteiger partial charge in [0.2, 0.25) is 11.8 Å². The average molecular weight is 470 g/mol. The number of nitrogens with zero attached hydrogens (tertiary/aromatic N) is 2. The molecule has 0 aliphatic carbocycles. The molecule has 1 aliphatic rings. The summed E-state index contributed by atoms with van der Waals surface area (Å²) < 4.78 is 0. The molecule has 0 spiro atoms. The molecule has 1 aliphatic heterocycles. The van der Waals surface area contributed by atoms with Crippen molar-refractivity contribution < 1.29 is 9.59 Å². The number of carbonyl (C=O) groups excluding carboxylic acids is 2. The summed E-state index contributed by atoms with van der Waals surface area (Å²) in [6, 6.07) is 31.2. The van der Waals surface area contributed by atoms with Gasteiger partial charge in [-0.15, -0.1) is 0 Å². The predicted molar refractivity (Wildman–Crippen MR) is 140 cm³/mol. The number of benzene rings is 3. The first-order valence-corrected chi connectivity index (χ1v) is 12.5. The minimum atomic E-state index is -0.00691. The van der Waals surface area contributed by atoms with Gasteiger partial charge in [-0.1, -0.05) is 97.9 Å². The van der Waals surface area contributed by atoms with Crippen molar-refractivity contribution in [3.8, 4) is 0 Å². The van der Waals surface area contributed by atoms with Crippen LogP contribution in [-0.4, -0.2) is 47.8 Å². The Labute approximate surface area is 208 Å². The van der Waals surface area contributed by atoms with Crippen molar-refractivity contribution in [1.82, 2.24) is 15.1 Å². The summed E-state index contributed by atoms with van der Waals surface area (Å²) in [5.41, 5.74) is 3.62. The molecule has 0 saturated carbocycles. The molecule has 182 valence electrons. The minimum Gasteiger partial charge on any atom is -0.352 e. The van der Waals surface area contributed by atoms with Gasteiger partial charge in [0.25, 0.3) is 0 Å². The lowest BCUT2D eigenvalue weighted by Crippen LogP contribution is -2.50. The zero-order chi connectivity index (χ0) is 24.5. The highest BCUT2D eigenvalue weighted by Crippen LogP contribution is 2.29. The molecular formula is C30H35N3O2. The first-order chi connectivity index (χ1) is 17.1. The zero-order valence-electron chi connectivity index (χ0n) is 20.5. The third kappa shape index (κ3) is 7.03. The van der Waals surface area contributed by atoms with Crippen molar-refractivity contribution >= 4 is 11.8 Å². The smallest absolute Gasteiger partial charge is 0.222 e. The molecule has 1 atom stereocenters. The summed E-state index contributed by atoms with van der Waals surface area (Å²) >= 11 is 0. The quantitative estimate of drug-likeness (QED) is 0.496. The number of hydrogen-bond donors (Lipinski definition) is 1. The molecule has 1 unspecified atom stereocenters. The number of piperazine rings is 1. The third-order valence-corrected chi connectivity index (χ3v) is 6.65. The summed E-state index contributed by atoms with van der Waals surface area (Å²) in [7, 11) is 0. The Morgan fingerprint density at radius 3 is 1.80 bits per heavy atom. The molecule has 3 aromatic carbocycles. The van der Waals surface area contributed by atoms with Gasteiger partial charge in [-0.05, 0) is 22.6 Å². The van der Waals surface area contributed by atoms with Crippen LogP contribution in [0.5, 0.6) is 0 Å². The van der Waals surface area contributed by atoms with E-state index in [0.29, 0.717) is 32.5 Å². The van der Waals surface area contributed by atoms with Crippen molar-refractivity contribution in [2.75, 3.05) is 26.2 Å². The van der Waals surface area contributed by atoms with E-state index < -0.39 is 0 Å². The van der Waals surface area contributed by atoms with Gasteiger partial charge in [0.1, 0.15) is 0 Å². The molecule has 5 heteroatoms. The maximum atomic E-state index is 13.0. The van der Waals surface area contributed by atoms with Gasteiger partial charge in [0.05, 0.1) is 6.04 Å². The van der Waals surface area contributed by atoms with Crippen molar-refractivity contribution in [2.45, 2.75) is 32.4 Å². The van der Waals surface area contributed by atoms with Crippen LogP contribution in [0.25, 0.3) is 0 Å². The fourth-order valence-corrected chi connectivity index (χ4v) is 4.80. The van der Waals surface area contributed by atoms with E-state index in [0.717, 1.165) is 18.7 Å². The molecule has 1 saturated heterocycles. The highest BCUT2D eigenvalue weighted by molar-refractivity contribution is 5.79. The zero-order valence-corrected chi connectivity index (χ0v) is 20.5. The summed E-state index contributed by atoms with van der Waals surface area (Å²) in [5, 5.41) is 2.96. The second-order valence-corrected chi connectivity index (χ2v) is 9.42. The van der Waals surface area contributed by atoms with Crippen molar-refractivity contribution in [2.24, 2.45) is 5.92 Å². The largest absolute Gasteiger partial charge is 0.352 e. The third-order valence-electron chi connectivity index (χ3n) is 6.65. The molecule has 1 fully saturated rings. The number of nitrogens with one attached hydrogen (secondary N) is 1. The summed E-state index contributed by atoms with van der Waals surface area (Å²) in [6.07, 6.45) is 0.766. The van der Waals surface area contributed by atoms with Crippen LogP contribution in [0, 0.1) is 5.92 Å². The van der Waals surface area contributed by atoms with Gasteiger partial charge >= 0.3 is 0 Å². The first-order valence-electron chi connectivity index (χ1n) is 12.5. The Morgan fingerprint density at radius 1 is 0.743 bits per heavy atom. The van der Waals surface area contributed by atoms with E-state index >= 15 is 0 Å². The van der Waals surface area contributed by atoms with Crippen molar-refractivity contribution in [1.29, 1.82) is 0 Å². The van der Waals surface area contributed by atoms with E-state index in [2.05, 4.69) is 58.7 Å². The number of hydrogen-bond acceptors (Lipinski definition) is 3. The molecule has 35 heavy (non-hydrogen) atoms. The van der Waals surface area contributed by atoms with Crippen LogP contribution in [0.3, 0.4) is 0 Å². The summed E-state index contributed by atoms with van der Waals surface area (Å²) in [4.78, 5) is 29.7. The van der Waals surface area contributed by atoms with Crippen LogP contribution >= 0.6 is 0 Å². The molecule has 0 aromatic heterocycles. The Kier molecular flexibility index (Phi) is 8.68. The van der Waals surface area contributed by atoms with Crippen LogP contribution in [0.2, 0.25) is 0 Å². The van der Waals surface area contributed by atoms with Crippen LogP contribution in [-0.2, 0) is 16.1 Å². The molecule has 4 rings (SSSR count). The maximum Gasteiger partial charge on any atom is 0.222 e. The molecule has 5 nitrogen and oxygen atoms in total. The van der Waals surface area contributed by atoms with E-state index in [1.807, 2.05) is 54.3 Å². The fraction of sp³-hybridized carbons (Fsp3) is 0.333. The normalized spacial score (nSPS) is 15.1. The number of amides is 2. The lowest BCUT2D eigenvalue weighted by atomic mass is 9.96. The Bertz CT molecular complexity index is 1030. The molecule has 0 bridgehead atoms. The van der Waals surface area contributed by atoms with E-state index in [9.17, 15) is 9.59 Å². The first kappa shape index (κ1) is 24.7. The van der Waals surface area contributed by atoms with Crippen LogP contribution in [0.4, 0.5) is 0 Å². The Balaban J connectivity index is 1.27. The maximum absolute atomic E-state index is 13.0. The van der Waals surface area contributed by atoms with Gasteiger partial charge in [-0.25, -0.2) is 0 Å². The minimum absolute atomic E-state index is 0.00691. The molecule has 1 heterocycles. The molecule has 3 aromatic rings. The summed E-state index contributed by atoms with van der Waals surface area (Å²) in [5.74, 6) is 0.147. The fourth-order valence-electron chi connectivity index (χ4n) is 4.80. The van der Waals surface area contributed by atoms with E-state index in [1.165, 1.54) is 11.1 Å². The highest BCUT2D eigenvalue weighted by Gasteiger charge is 2.28. The van der Waals surface area contributed by atoms with Crippen molar-refractivity contribution in [3.05, 3.63) is 108 Å². The molecule has 0 radical (unpaired) electrons. The molecule has 1 N–H and O–H groups in total. The average Bonchev–Trinajstić information content (AvgIpc) is 2.90. The van der Waals surface area contributed by atoms with Crippen LogP contribution < -0.4 is 5.32 Å². The van der Waals surface area contributed by atoms with E-state index in [-0.39, 0.29) is 23.8 Å². The molecular weight excluding hydrogens is 434 g/mol. The SMILES string of the molecule is CC(CC(=O)NCc1ccccc1)CC(=O)N1CCN(C(c2ccccc2)c2ccccc2)CC1. The summed E-state index contributed by atoms with van der Waals surface area (Å²) in [6.45, 7) is 5.57. The lowest BCUT2D eigenvalue weighted by Gasteiger charge is -2.40. The van der Waals surface area contributed by atoms with Gasteiger partial charge < -0.3 is 10.2 Å². The number of rotatable bonds is 9. The van der Waals surface area contributed by atoms with Crippen molar-refractivity contribution in [3.63, 3.8) is 0 Å². The topological polar surface area (TPSA) is 52.7 Å². The second kappa shape index (κ2) is 12.3. The van der Waals surface area contributed by atoms with E-state index in [4.69, 9.17) is 0 Å². The lowest BCUT2D eigenvalue weighted by molar-refractivity contribution is -0.134. The molecule has 2 amide bonds.